The van der Waals surface area contributed by atoms with Gasteiger partial charge in [0.25, 0.3) is 0 Å². The lowest BCUT2D eigenvalue weighted by Gasteiger charge is -2.23. The van der Waals surface area contributed by atoms with Gasteiger partial charge in [-0.2, -0.15) is 36.7 Å². The molecule has 5 heterocycles. The van der Waals surface area contributed by atoms with Gasteiger partial charge < -0.3 is 25.8 Å². The summed E-state index contributed by atoms with van der Waals surface area (Å²) in [5.74, 6) is -5.76. The van der Waals surface area contributed by atoms with Gasteiger partial charge in [0, 0.05) is 48.4 Å². The monoisotopic (exact) mass is 679 g/mol. The Balaban J connectivity index is 0.000000345. The molecule has 5 N–H and O–H groups in total. The summed E-state index contributed by atoms with van der Waals surface area (Å²) in [6.45, 7) is 1.13. The number of alkyl halides is 6. The maximum atomic E-state index is 14.4. The van der Waals surface area contributed by atoms with E-state index in [1.54, 1.807) is 6.20 Å². The highest BCUT2D eigenvalue weighted by Crippen LogP contribution is 2.35. The molecule has 1 aliphatic heterocycles. The molecule has 4 aromatic heterocycles. The van der Waals surface area contributed by atoms with Crippen molar-refractivity contribution in [3.8, 4) is 17.3 Å². The quantitative estimate of drug-likeness (QED) is 0.166. The second-order valence-electron chi connectivity index (χ2n) is 9.38. The molecule has 0 radical (unpaired) electrons. The van der Waals surface area contributed by atoms with Crippen LogP contribution in [-0.4, -0.2) is 77.3 Å². The summed E-state index contributed by atoms with van der Waals surface area (Å²) in [6.07, 6.45) is -2.16. The average molecular weight is 680 g/mol. The van der Waals surface area contributed by atoms with Crippen LogP contribution < -0.4 is 10.6 Å². The Morgan fingerprint density at radius 3 is 2.39 bits per heavy atom. The van der Waals surface area contributed by atoms with Crippen molar-refractivity contribution in [1.29, 1.82) is 5.26 Å². The first kappa shape index (κ1) is 35.3. The van der Waals surface area contributed by atoms with E-state index in [0.29, 0.717) is 13.1 Å². The van der Waals surface area contributed by atoms with Crippen molar-refractivity contribution in [2.75, 3.05) is 23.7 Å². The number of rotatable bonds is 5. The number of nitriles is 1. The number of nitrogens with one attached hydrogen (secondary N) is 1. The summed E-state index contributed by atoms with van der Waals surface area (Å²) in [4.78, 5) is 35.5. The number of carboxylic acid groups (broad SMARTS) is 2. The lowest BCUT2D eigenvalue weighted by atomic mass is 9.96. The number of nitrogen functional groups attached to an aromatic ring is 1. The van der Waals surface area contributed by atoms with Crippen molar-refractivity contribution in [3.63, 3.8) is 0 Å². The summed E-state index contributed by atoms with van der Waals surface area (Å²) >= 11 is 6.00. The molecule has 4 aromatic rings. The standard InChI is InChI=1S/C21H19ClFN9.2C2HF3O2/c22-19-16(25)7-15(23)21(30-19)31-6-3-12(9-31)17(1-4-24)32-10-13(8-29-32)18-14-2-5-26-20(14)28-11-27-18;2*3-2(4,5)1(6)7/h2,5,7-8,10-12,17H,1,3,6,9,25H2,(H,26,27,28);2*(H,6,7)/t12-,17-;;/m0../s1. The molecule has 1 saturated heterocycles. The van der Waals surface area contributed by atoms with Gasteiger partial charge in [0.2, 0.25) is 0 Å². The number of carbonyl (C=O) groups is 2. The Labute approximate surface area is 258 Å². The minimum atomic E-state index is -5.08. The molecule has 13 nitrogen and oxygen atoms in total. The average Bonchev–Trinajstić information content (AvgIpc) is 3.74. The van der Waals surface area contributed by atoms with Gasteiger partial charge in [-0.15, -0.1) is 0 Å². The Morgan fingerprint density at radius 2 is 1.80 bits per heavy atom. The predicted octanol–water partition coefficient (Wildman–Crippen LogP) is 4.84. The number of anilines is 2. The summed E-state index contributed by atoms with van der Waals surface area (Å²) in [6, 6.07) is 5.20. The van der Waals surface area contributed by atoms with Gasteiger partial charge in [-0.1, -0.05) is 11.6 Å². The number of halogens is 8. The SMILES string of the molecule is N#CC[C@@H]([C@H]1CCN(c2nc(Cl)c(N)cc2F)C1)n1cc(-c2ncnc3[nH]ccc23)cn1.O=C(O)C(F)(F)F.O=C(O)C(F)(F)F. The topological polar surface area (TPSA) is 200 Å². The molecule has 46 heavy (non-hydrogen) atoms. The van der Waals surface area contributed by atoms with Crippen LogP contribution in [0.1, 0.15) is 18.9 Å². The first-order valence-corrected chi connectivity index (χ1v) is 13.0. The van der Waals surface area contributed by atoms with E-state index in [1.165, 1.54) is 12.4 Å². The normalized spacial score (nSPS) is 15.3. The van der Waals surface area contributed by atoms with E-state index in [1.807, 2.05) is 28.0 Å². The van der Waals surface area contributed by atoms with Crippen LogP contribution in [0, 0.1) is 23.1 Å². The molecule has 246 valence electrons. The van der Waals surface area contributed by atoms with Crippen molar-refractivity contribution in [2.45, 2.75) is 31.2 Å². The molecule has 0 saturated carbocycles. The van der Waals surface area contributed by atoms with Gasteiger partial charge in [-0.05, 0) is 12.5 Å². The minimum Gasteiger partial charge on any atom is -0.475 e. The van der Waals surface area contributed by atoms with Gasteiger partial charge in [0.15, 0.2) is 16.8 Å². The highest BCUT2D eigenvalue weighted by atomic mass is 35.5. The van der Waals surface area contributed by atoms with E-state index in [4.69, 9.17) is 37.1 Å². The van der Waals surface area contributed by atoms with Crippen LogP contribution in [0.3, 0.4) is 0 Å². The van der Waals surface area contributed by atoms with Crippen molar-refractivity contribution < 1.29 is 50.5 Å². The number of hydrogen-bond donors (Lipinski definition) is 4. The zero-order valence-electron chi connectivity index (χ0n) is 22.9. The van der Waals surface area contributed by atoms with E-state index in [2.05, 4.69) is 31.1 Å². The molecule has 2 atom stereocenters. The molecule has 5 rings (SSSR count). The molecule has 1 fully saturated rings. The van der Waals surface area contributed by atoms with Gasteiger partial charge in [0.1, 0.15) is 12.0 Å². The lowest BCUT2D eigenvalue weighted by molar-refractivity contribution is -0.193. The second kappa shape index (κ2) is 14.3. The van der Waals surface area contributed by atoms with E-state index in [-0.39, 0.29) is 35.0 Å². The second-order valence-corrected chi connectivity index (χ2v) is 9.73. The highest BCUT2D eigenvalue weighted by molar-refractivity contribution is 6.31. The van der Waals surface area contributed by atoms with Crippen molar-refractivity contribution in [3.05, 3.63) is 48.0 Å². The summed E-state index contributed by atoms with van der Waals surface area (Å²) in [7, 11) is 0. The summed E-state index contributed by atoms with van der Waals surface area (Å²) in [5, 5.41) is 29.2. The first-order chi connectivity index (χ1) is 21.4. The Morgan fingerprint density at radius 1 is 1.17 bits per heavy atom. The van der Waals surface area contributed by atoms with Crippen LogP contribution in [-0.2, 0) is 9.59 Å². The molecule has 0 aliphatic carbocycles. The van der Waals surface area contributed by atoms with Crippen molar-refractivity contribution in [1.82, 2.24) is 29.7 Å². The van der Waals surface area contributed by atoms with Crippen LogP contribution in [0.15, 0.2) is 37.1 Å². The largest absolute Gasteiger partial charge is 0.490 e. The number of aliphatic carboxylic acids is 2. The molecule has 0 bridgehead atoms. The van der Waals surface area contributed by atoms with E-state index in [9.17, 15) is 36.0 Å². The third kappa shape index (κ3) is 8.71. The maximum absolute atomic E-state index is 14.4. The van der Waals surface area contributed by atoms with E-state index >= 15 is 0 Å². The molecule has 0 aromatic carbocycles. The minimum absolute atomic E-state index is 0.0797. The summed E-state index contributed by atoms with van der Waals surface area (Å²) in [5.41, 5.74) is 8.12. The third-order valence-electron chi connectivity index (χ3n) is 6.36. The fourth-order valence-electron chi connectivity index (χ4n) is 4.30. The Kier molecular flexibility index (Phi) is 11.0. The number of carboxylic acids is 2. The number of H-pyrrole nitrogens is 1. The summed E-state index contributed by atoms with van der Waals surface area (Å²) < 4.78 is 79.7. The van der Waals surface area contributed by atoms with E-state index < -0.39 is 30.1 Å². The Hall–Kier alpha value is -5.19. The molecular formula is C25H21ClF7N9O4. The van der Waals surface area contributed by atoms with Crippen molar-refractivity contribution >= 4 is 46.1 Å². The molecular weight excluding hydrogens is 659 g/mol. The van der Waals surface area contributed by atoms with Crippen LogP contribution in [0.25, 0.3) is 22.3 Å². The Bertz CT molecular complexity index is 1710. The molecule has 21 heteroatoms. The first-order valence-electron chi connectivity index (χ1n) is 12.6. The van der Waals surface area contributed by atoms with Crippen LogP contribution >= 0.6 is 11.6 Å². The number of nitrogens with zero attached hydrogens (tertiary/aromatic N) is 7. The van der Waals surface area contributed by atoms with Crippen LogP contribution in [0.5, 0.6) is 0 Å². The highest BCUT2D eigenvalue weighted by Gasteiger charge is 2.39. The molecule has 0 spiro atoms. The van der Waals surface area contributed by atoms with Gasteiger partial charge in [-0.25, -0.2) is 28.9 Å². The maximum Gasteiger partial charge on any atom is 0.490 e. The number of fused-ring (bicyclic) bond motifs is 1. The smallest absolute Gasteiger partial charge is 0.475 e. The molecule has 0 unspecified atom stereocenters. The molecule has 1 aliphatic rings. The predicted molar refractivity (Wildman–Crippen MR) is 146 cm³/mol. The van der Waals surface area contributed by atoms with Gasteiger partial charge >= 0.3 is 24.3 Å². The fraction of sp³-hybridized carbons (Fsp3) is 0.320. The van der Waals surface area contributed by atoms with Crippen molar-refractivity contribution in [2.24, 2.45) is 5.92 Å². The number of nitrogens with two attached hydrogens (primary N) is 1. The van der Waals surface area contributed by atoms with Gasteiger partial charge in [0.05, 0.1) is 36.1 Å². The number of aromatic nitrogens is 6. The third-order valence-corrected chi connectivity index (χ3v) is 6.66. The van der Waals surface area contributed by atoms with Crippen LogP contribution in [0.4, 0.5) is 42.2 Å². The van der Waals surface area contributed by atoms with E-state index in [0.717, 1.165) is 28.7 Å². The number of pyridine rings is 1. The molecule has 0 amide bonds. The fourth-order valence-corrected chi connectivity index (χ4v) is 4.44. The number of aromatic amines is 1. The lowest BCUT2D eigenvalue weighted by Crippen LogP contribution is -2.26. The van der Waals surface area contributed by atoms with Crippen LogP contribution in [0.2, 0.25) is 5.15 Å². The van der Waals surface area contributed by atoms with Gasteiger partial charge in [-0.3, -0.25) is 4.68 Å². The zero-order valence-corrected chi connectivity index (χ0v) is 23.6. The number of hydrogen-bond acceptors (Lipinski definition) is 9. The zero-order chi connectivity index (χ0) is 34.4.